The third-order valence-corrected chi connectivity index (χ3v) is 3.91. The Morgan fingerprint density at radius 2 is 1.63 bits per heavy atom. The van der Waals surface area contributed by atoms with Crippen LogP contribution in [-0.4, -0.2) is 9.97 Å². The van der Waals surface area contributed by atoms with Gasteiger partial charge in [0.15, 0.2) is 0 Å². The van der Waals surface area contributed by atoms with Crippen molar-refractivity contribution in [3.05, 3.63) is 71.9 Å². The number of aryl methyl sites for hydroxylation is 1. The summed E-state index contributed by atoms with van der Waals surface area (Å²) in [7, 11) is 0. The Bertz CT molecular complexity index is 895. The fourth-order valence-corrected chi connectivity index (χ4v) is 2.65. The largest absolute Gasteiger partial charge is 0.421 e. The lowest BCUT2D eigenvalue weighted by atomic mass is 10.1. The Labute approximate surface area is 155 Å². The van der Waals surface area contributed by atoms with Crippen LogP contribution in [0, 0.1) is 0 Å². The van der Waals surface area contributed by atoms with E-state index < -0.39 is 11.7 Å². The summed E-state index contributed by atoms with van der Waals surface area (Å²) in [6, 6.07) is 16.3. The highest BCUT2D eigenvalue weighted by Crippen LogP contribution is 2.36. The van der Waals surface area contributed by atoms with Gasteiger partial charge < -0.3 is 10.6 Å². The third-order valence-electron chi connectivity index (χ3n) is 3.91. The Morgan fingerprint density at radius 3 is 2.33 bits per heavy atom. The van der Waals surface area contributed by atoms with E-state index in [2.05, 4.69) is 20.6 Å². The second-order valence-electron chi connectivity index (χ2n) is 5.98. The molecule has 0 unspecified atom stereocenters. The first-order chi connectivity index (χ1) is 13.0. The molecular formula is C20H19F3N4. The maximum atomic E-state index is 13.4. The van der Waals surface area contributed by atoms with Crippen LogP contribution in [0.15, 0.2) is 60.8 Å². The summed E-state index contributed by atoms with van der Waals surface area (Å²) in [5.41, 5.74) is 1.32. The SMILES string of the molecule is CCCc1ccccc1Nc1nc(Nc2ccccc2)ncc1C(F)(F)F. The van der Waals surface area contributed by atoms with E-state index in [1.165, 1.54) is 0 Å². The smallest absolute Gasteiger partial charge is 0.339 e. The van der Waals surface area contributed by atoms with Crippen LogP contribution in [0.25, 0.3) is 0 Å². The number of nitrogens with one attached hydrogen (secondary N) is 2. The standard InChI is InChI=1S/C20H19F3N4/c1-2-8-14-9-6-7-12-17(14)26-18-16(20(21,22)23)13-24-19(27-18)25-15-10-4-3-5-11-15/h3-7,9-13H,2,8H2,1H3,(H2,24,25,26,27). The van der Waals surface area contributed by atoms with Crippen LogP contribution in [0.4, 0.5) is 36.3 Å². The molecule has 2 aromatic carbocycles. The van der Waals surface area contributed by atoms with Gasteiger partial charge in [0, 0.05) is 17.6 Å². The normalized spacial score (nSPS) is 11.3. The van der Waals surface area contributed by atoms with Crippen molar-refractivity contribution in [2.75, 3.05) is 10.6 Å². The molecule has 0 spiro atoms. The molecule has 4 nitrogen and oxygen atoms in total. The summed E-state index contributed by atoms with van der Waals surface area (Å²) >= 11 is 0. The third kappa shape index (κ3) is 4.75. The zero-order chi connectivity index (χ0) is 19.3. The van der Waals surface area contributed by atoms with Crippen molar-refractivity contribution in [3.8, 4) is 0 Å². The van der Waals surface area contributed by atoms with Crippen molar-refractivity contribution in [3.63, 3.8) is 0 Å². The van der Waals surface area contributed by atoms with Crippen molar-refractivity contribution in [1.29, 1.82) is 0 Å². The molecule has 7 heteroatoms. The van der Waals surface area contributed by atoms with Crippen LogP contribution in [0.5, 0.6) is 0 Å². The van der Waals surface area contributed by atoms with Crippen LogP contribution < -0.4 is 10.6 Å². The predicted octanol–water partition coefficient (Wildman–Crippen LogP) is 5.94. The van der Waals surface area contributed by atoms with Crippen LogP contribution in [0.2, 0.25) is 0 Å². The molecule has 3 rings (SSSR count). The Hall–Kier alpha value is -3.09. The molecule has 0 saturated carbocycles. The first-order valence-corrected chi connectivity index (χ1v) is 8.58. The molecule has 2 N–H and O–H groups in total. The van der Waals surface area contributed by atoms with Gasteiger partial charge in [-0.15, -0.1) is 0 Å². The molecule has 0 atom stereocenters. The topological polar surface area (TPSA) is 49.8 Å². The summed E-state index contributed by atoms with van der Waals surface area (Å²) in [6.07, 6.45) is -2.13. The van der Waals surface area contributed by atoms with Crippen LogP contribution in [-0.2, 0) is 12.6 Å². The summed E-state index contributed by atoms with van der Waals surface area (Å²) < 4.78 is 40.3. The van der Waals surface area contributed by atoms with Crippen molar-refractivity contribution in [2.45, 2.75) is 25.9 Å². The van der Waals surface area contributed by atoms with Gasteiger partial charge in [0.1, 0.15) is 11.4 Å². The van der Waals surface area contributed by atoms with Crippen molar-refractivity contribution >= 4 is 23.1 Å². The highest BCUT2D eigenvalue weighted by Gasteiger charge is 2.35. The van der Waals surface area contributed by atoms with E-state index in [1.54, 1.807) is 24.3 Å². The minimum atomic E-state index is -4.56. The maximum Gasteiger partial charge on any atom is 0.421 e. The van der Waals surface area contributed by atoms with Gasteiger partial charge in [-0.3, -0.25) is 0 Å². The van der Waals surface area contributed by atoms with Crippen LogP contribution in [0.3, 0.4) is 0 Å². The first kappa shape index (κ1) is 18.7. The number of alkyl halides is 3. The monoisotopic (exact) mass is 372 g/mol. The molecule has 0 saturated heterocycles. The first-order valence-electron chi connectivity index (χ1n) is 8.58. The van der Waals surface area contributed by atoms with Crippen LogP contribution >= 0.6 is 0 Å². The number of hydrogen-bond donors (Lipinski definition) is 2. The molecule has 0 fully saturated rings. The Kier molecular flexibility index (Phi) is 5.59. The molecule has 1 heterocycles. The average molecular weight is 372 g/mol. The van der Waals surface area contributed by atoms with E-state index in [0.717, 1.165) is 24.6 Å². The number of halogens is 3. The van der Waals surface area contributed by atoms with Gasteiger partial charge in [-0.2, -0.15) is 18.2 Å². The van der Waals surface area contributed by atoms with E-state index in [0.29, 0.717) is 11.4 Å². The van der Waals surface area contributed by atoms with Gasteiger partial charge in [-0.05, 0) is 30.2 Å². The second-order valence-corrected chi connectivity index (χ2v) is 5.98. The number of rotatable bonds is 6. The number of para-hydroxylation sites is 2. The van der Waals surface area contributed by atoms with Gasteiger partial charge in [0.2, 0.25) is 5.95 Å². The average Bonchev–Trinajstić information content (AvgIpc) is 2.64. The molecular weight excluding hydrogens is 353 g/mol. The summed E-state index contributed by atoms with van der Waals surface area (Å²) in [5, 5.41) is 5.77. The molecule has 0 aliphatic carbocycles. The van der Waals surface area contributed by atoms with Gasteiger partial charge >= 0.3 is 6.18 Å². The maximum absolute atomic E-state index is 13.4. The molecule has 0 aliphatic rings. The molecule has 0 bridgehead atoms. The van der Waals surface area contributed by atoms with Crippen molar-refractivity contribution in [2.24, 2.45) is 0 Å². The highest BCUT2D eigenvalue weighted by molar-refractivity contribution is 5.65. The Morgan fingerprint density at radius 1 is 0.926 bits per heavy atom. The fraction of sp³-hybridized carbons (Fsp3) is 0.200. The number of aromatic nitrogens is 2. The summed E-state index contributed by atoms with van der Waals surface area (Å²) in [6.45, 7) is 2.02. The second kappa shape index (κ2) is 8.07. The molecule has 3 aromatic rings. The lowest BCUT2D eigenvalue weighted by Gasteiger charge is -2.16. The van der Waals surface area contributed by atoms with E-state index in [9.17, 15) is 13.2 Å². The van der Waals surface area contributed by atoms with Gasteiger partial charge in [-0.25, -0.2) is 4.98 Å². The van der Waals surface area contributed by atoms with Gasteiger partial charge in [0.05, 0.1) is 0 Å². The fourth-order valence-electron chi connectivity index (χ4n) is 2.65. The number of hydrogen-bond acceptors (Lipinski definition) is 4. The van der Waals surface area contributed by atoms with E-state index in [4.69, 9.17) is 0 Å². The van der Waals surface area contributed by atoms with E-state index in [1.807, 2.05) is 37.3 Å². The quantitative estimate of drug-likeness (QED) is 0.563. The number of nitrogens with zero attached hydrogens (tertiary/aromatic N) is 2. The molecule has 140 valence electrons. The molecule has 1 aromatic heterocycles. The van der Waals surface area contributed by atoms with Crippen molar-refractivity contribution < 1.29 is 13.2 Å². The zero-order valence-electron chi connectivity index (χ0n) is 14.7. The van der Waals surface area contributed by atoms with Gasteiger partial charge in [-0.1, -0.05) is 49.7 Å². The van der Waals surface area contributed by atoms with E-state index in [-0.39, 0.29) is 11.8 Å². The zero-order valence-corrected chi connectivity index (χ0v) is 14.7. The lowest BCUT2D eigenvalue weighted by molar-refractivity contribution is -0.137. The lowest BCUT2D eigenvalue weighted by Crippen LogP contribution is -2.13. The minimum Gasteiger partial charge on any atom is -0.339 e. The van der Waals surface area contributed by atoms with E-state index >= 15 is 0 Å². The van der Waals surface area contributed by atoms with Crippen molar-refractivity contribution in [1.82, 2.24) is 9.97 Å². The summed E-state index contributed by atoms with van der Waals surface area (Å²) in [5.74, 6) is -0.191. The minimum absolute atomic E-state index is 0.0877. The summed E-state index contributed by atoms with van der Waals surface area (Å²) in [4.78, 5) is 7.90. The predicted molar refractivity (Wildman–Crippen MR) is 100 cm³/mol. The number of benzene rings is 2. The molecule has 0 aliphatic heterocycles. The number of anilines is 4. The Balaban J connectivity index is 1.97. The molecule has 0 radical (unpaired) electrons. The molecule has 0 amide bonds. The van der Waals surface area contributed by atoms with Crippen LogP contribution in [0.1, 0.15) is 24.5 Å². The highest BCUT2D eigenvalue weighted by atomic mass is 19.4. The molecule has 27 heavy (non-hydrogen) atoms. The van der Waals surface area contributed by atoms with Gasteiger partial charge in [0.25, 0.3) is 0 Å².